The molecule has 1 heterocycles. The maximum Gasteiger partial charge on any atom is 0.220 e. The normalized spacial score (nSPS) is 25.2. The van der Waals surface area contributed by atoms with Crippen LogP contribution in [0.25, 0.3) is 0 Å². The third-order valence-corrected chi connectivity index (χ3v) is 1.57. The second-order valence-electron chi connectivity index (χ2n) is 2.32. The summed E-state index contributed by atoms with van der Waals surface area (Å²) in [5, 5.41) is 5.27. The zero-order valence-corrected chi connectivity index (χ0v) is 5.59. The zero-order valence-electron chi connectivity index (χ0n) is 5.59. The lowest BCUT2D eigenvalue weighted by atomic mass is 10.1. The van der Waals surface area contributed by atoms with Gasteiger partial charge in [-0.2, -0.15) is 0 Å². The Kier molecular flexibility index (Phi) is 2.25. The Hall–Kier alpha value is -1.06. The molecule has 1 aliphatic rings. The molecule has 0 aliphatic carbocycles. The van der Waals surface area contributed by atoms with Crippen LogP contribution in [0.4, 0.5) is 0 Å². The molecular weight excluding hydrogens is 132 g/mol. The van der Waals surface area contributed by atoms with Crippen molar-refractivity contribution in [2.45, 2.75) is 18.9 Å². The van der Waals surface area contributed by atoms with Gasteiger partial charge in [0.2, 0.25) is 12.3 Å². The molecule has 1 saturated heterocycles. The summed E-state index contributed by atoms with van der Waals surface area (Å²) in [4.78, 5) is 20.5. The van der Waals surface area contributed by atoms with E-state index in [1.165, 1.54) is 0 Å². The molecule has 1 aliphatic heterocycles. The predicted molar refractivity (Wildman–Crippen MR) is 35.2 cm³/mol. The molecule has 0 bridgehead atoms. The lowest BCUT2D eigenvalue weighted by molar-refractivity contribution is -0.123. The van der Waals surface area contributed by atoms with Crippen molar-refractivity contribution in [3.63, 3.8) is 0 Å². The minimum atomic E-state index is 0.0731. The van der Waals surface area contributed by atoms with Crippen LogP contribution in [0.15, 0.2) is 0 Å². The van der Waals surface area contributed by atoms with Crippen molar-refractivity contribution in [2.24, 2.45) is 0 Å². The Morgan fingerprint density at radius 2 is 2.50 bits per heavy atom. The molecule has 4 nitrogen and oxygen atoms in total. The third-order valence-electron chi connectivity index (χ3n) is 1.57. The molecule has 56 valence electrons. The Balaban J connectivity index is 2.25. The maximum atomic E-state index is 10.6. The molecular formula is C6H10N2O2. The number of hydrogen-bond donors (Lipinski definition) is 2. The van der Waals surface area contributed by atoms with E-state index in [1.807, 2.05) is 0 Å². The fraction of sp³-hybridized carbons (Fsp3) is 0.667. The molecule has 1 unspecified atom stereocenters. The van der Waals surface area contributed by atoms with Gasteiger partial charge in [-0.25, -0.2) is 0 Å². The minimum Gasteiger partial charge on any atom is -0.354 e. The highest BCUT2D eigenvalue weighted by Crippen LogP contribution is 2.00. The number of nitrogens with one attached hydrogen (secondary N) is 2. The van der Waals surface area contributed by atoms with E-state index in [4.69, 9.17) is 0 Å². The molecule has 0 aromatic carbocycles. The second-order valence-corrected chi connectivity index (χ2v) is 2.32. The first-order chi connectivity index (χ1) is 4.83. The maximum absolute atomic E-state index is 10.6. The van der Waals surface area contributed by atoms with E-state index in [0.29, 0.717) is 19.4 Å². The predicted octanol–water partition coefficient (Wildman–Crippen LogP) is -0.989. The number of amides is 2. The molecule has 0 aromatic rings. The number of carbonyl (C=O) groups is 2. The van der Waals surface area contributed by atoms with E-state index < -0.39 is 0 Å². The van der Waals surface area contributed by atoms with Crippen LogP contribution in [0.1, 0.15) is 12.8 Å². The quantitative estimate of drug-likeness (QED) is 0.486. The van der Waals surface area contributed by atoms with Crippen molar-refractivity contribution >= 4 is 12.3 Å². The van der Waals surface area contributed by atoms with Gasteiger partial charge in [-0.3, -0.25) is 9.59 Å². The van der Waals surface area contributed by atoms with E-state index in [-0.39, 0.29) is 11.9 Å². The Morgan fingerprint density at radius 3 is 3.00 bits per heavy atom. The molecule has 0 saturated carbocycles. The van der Waals surface area contributed by atoms with Crippen molar-refractivity contribution in [2.75, 3.05) is 6.54 Å². The average Bonchev–Trinajstić information content (AvgIpc) is 1.95. The van der Waals surface area contributed by atoms with Gasteiger partial charge in [0, 0.05) is 19.0 Å². The van der Waals surface area contributed by atoms with Gasteiger partial charge >= 0.3 is 0 Å². The number of hydrogen-bond acceptors (Lipinski definition) is 2. The lowest BCUT2D eigenvalue weighted by Crippen LogP contribution is -2.45. The Labute approximate surface area is 59.0 Å². The van der Waals surface area contributed by atoms with Gasteiger partial charge in [0.05, 0.1) is 0 Å². The highest BCUT2D eigenvalue weighted by atomic mass is 16.1. The van der Waals surface area contributed by atoms with Crippen molar-refractivity contribution in [1.82, 2.24) is 10.6 Å². The van der Waals surface area contributed by atoms with E-state index in [2.05, 4.69) is 10.6 Å². The first-order valence-corrected chi connectivity index (χ1v) is 3.29. The van der Waals surface area contributed by atoms with Crippen LogP contribution in [0.2, 0.25) is 0 Å². The number of rotatable bonds is 2. The van der Waals surface area contributed by atoms with Gasteiger partial charge in [0.25, 0.3) is 0 Å². The SMILES string of the molecule is O=CNC1CCC(=O)NC1. The summed E-state index contributed by atoms with van der Waals surface area (Å²) >= 11 is 0. The molecule has 0 spiro atoms. The van der Waals surface area contributed by atoms with Crippen molar-refractivity contribution in [3.8, 4) is 0 Å². The highest BCUT2D eigenvalue weighted by Gasteiger charge is 2.15. The fourth-order valence-electron chi connectivity index (χ4n) is 0.971. The summed E-state index contributed by atoms with van der Waals surface area (Å²) < 4.78 is 0. The molecule has 0 radical (unpaired) electrons. The summed E-state index contributed by atoms with van der Waals surface area (Å²) in [6, 6.07) is 0.134. The first-order valence-electron chi connectivity index (χ1n) is 3.29. The van der Waals surface area contributed by atoms with Crippen LogP contribution >= 0.6 is 0 Å². The first kappa shape index (κ1) is 7.05. The van der Waals surface area contributed by atoms with Crippen molar-refractivity contribution < 1.29 is 9.59 Å². The lowest BCUT2D eigenvalue weighted by Gasteiger charge is -2.21. The van der Waals surface area contributed by atoms with E-state index >= 15 is 0 Å². The van der Waals surface area contributed by atoms with E-state index in [0.717, 1.165) is 6.42 Å². The van der Waals surface area contributed by atoms with Crippen molar-refractivity contribution in [3.05, 3.63) is 0 Å². The average molecular weight is 142 g/mol. The summed E-state index contributed by atoms with van der Waals surface area (Å²) in [5.41, 5.74) is 0. The van der Waals surface area contributed by atoms with E-state index in [1.54, 1.807) is 0 Å². The molecule has 2 N–H and O–H groups in total. The third kappa shape index (κ3) is 1.72. The standard InChI is InChI=1S/C6H10N2O2/c9-4-8-5-1-2-6(10)7-3-5/h4-5H,1-3H2,(H,7,10)(H,8,9). The van der Waals surface area contributed by atoms with Gasteiger partial charge in [-0.1, -0.05) is 0 Å². The number of piperidine rings is 1. The van der Waals surface area contributed by atoms with Gasteiger partial charge in [0.1, 0.15) is 0 Å². The topological polar surface area (TPSA) is 58.2 Å². The monoisotopic (exact) mass is 142 g/mol. The molecule has 1 rings (SSSR count). The number of carbonyl (C=O) groups excluding carboxylic acids is 2. The minimum absolute atomic E-state index is 0.0731. The van der Waals surface area contributed by atoms with Crippen LogP contribution in [0, 0.1) is 0 Å². The van der Waals surface area contributed by atoms with Crippen LogP contribution in [-0.4, -0.2) is 24.9 Å². The summed E-state index contributed by atoms with van der Waals surface area (Å²) in [5.74, 6) is 0.0731. The van der Waals surface area contributed by atoms with Crippen LogP contribution in [0.3, 0.4) is 0 Å². The van der Waals surface area contributed by atoms with E-state index in [9.17, 15) is 9.59 Å². The fourth-order valence-corrected chi connectivity index (χ4v) is 0.971. The Morgan fingerprint density at radius 1 is 1.70 bits per heavy atom. The van der Waals surface area contributed by atoms with Gasteiger partial charge in [-0.05, 0) is 6.42 Å². The summed E-state index contributed by atoms with van der Waals surface area (Å²) in [7, 11) is 0. The second kappa shape index (κ2) is 3.20. The Bertz CT molecular complexity index is 137. The molecule has 1 atom stereocenters. The molecule has 4 heteroatoms. The summed E-state index contributed by atoms with van der Waals surface area (Å²) in [6.45, 7) is 0.567. The highest BCUT2D eigenvalue weighted by molar-refractivity contribution is 5.76. The van der Waals surface area contributed by atoms with Crippen LogP contribution in [0.5, 0.6) is 0 Å². The van der Waals surface area contributed by atoms with Gasteiger partial charge in [-0.15, -0.1) is 0 Å². The zero-order chi connectivity index (χ0) is 7.40. The molecule has 2 amide bonds. The molecule has 1 fully saturated rings. The summed E-state index contributed by atoms with van der Waals surface area (Å²) in [6.07, 6.45) is 1.94. The largest absolute Gasteiger partial charge is 0.354 e. The van der Waals surface area contributed by atoms with Crippen molar-refractivity contribution in [1.29, 1.82) is 0 Å². The van der Waals surface area contributed by atoms with Gasteiger partial charge < -0.3 is 10.6 Å². The van der Waals surface area contributed by atoms with Gasteiger partial charge in [0.15, 0.2) is 0 Å². The molecule has 10 heavy (non-hydrogen) atoms. The molecule has 0 aromatic heterocycles. The smallest absolute Gasteiger partial charge is 0.220 e. The van der Waals surface area contributed by atoms with Crippen LogP contribution < -0.4 is 10.6 Å². The van der Waals surface area contributed by atoms with Crippen LogP contribution in [-0.2, 0) is 9.59 Å².